The molecule has 8 nitrogen and oxygen atoms in total. The van der Waals surface area contributed by atoms with Crippen LogP contribution in [0.1, 0.15) is 12.8 Å². The number of nitrogens with one attached hydrogen (secondary N) is 3. The Labute approximate surface area is 137 Å². The van der Waals surface area contributed by atoms with Crippen molar-refractivity contribution < 1.29 is 14.3 Å². The highest BCUT2D eigenvalue weighted by Gasteiger charge is 2.11. The van der Waals surface area contributed by atoms with E-state index in [0.29, 0.717) is 29.4 Å². The SMILES string of the molecule is COC(=O)NCCCC(=O)Nc1n[nH]c(-c2ccccc2Cl)n1. The Morgan fingerprint density at radius 1 is 1.35 bits per heavy atom. The number of rotatable bonds is 6. The molecule has 9 heteroatoms. The number of aromatic amines is 1. The number of alkyl carbamates (subject to hydrolysis) is 1. The van der Waals surface area contributed by atoms with Crippen LogP contribution in [0.2, 0.25) is 5.02 Å². The van der Waals surface area contributed by atoms with Gasteiger partial charge in [-0.3, -0.25) is 15.2 Å². The van der Waals surface area contributed by atoms with Crippen LogP contribution in [-0.2, 0) is 9.53 Å². The lowest BCUT2D eigenvalue weighted by Crippen LogP contribution is -2.25. The van der Waals surface area contributed by atoms with Gasteiger partial charge in [0, 0.05) is 18.5 Å². The zero-order chi connectivity index (χ0) is 16.7. The van der Waals surface area contributed by atoms with Crippen molar-refractivity contribution in [2.75, 3.05) is 19.0 Å². The van der Waals surface area contributed by atoms with Gasteiger partial charge in [0.25, 0.3) is 0 Å². The van der Waals surface area contributed by atoms with Crippen LogP contribution < -0.4 is 10.6 Å². The Balaban J connectivity index is 1.83. The van der Waals surface area contributed by atoms with Crippen LogP contribution >= 0.6 is 11.6 Å². The third-order valence-electron chi connectivity index (χ3n) is 2.90. The van der Waals surface area contributed by atoms with Gasteiger partial charge in [0.05, 0.1) is 12.1 Å². The van der Waals surface area contributed by atoms with Crippen molar-refractivity contribution in [1.29, 1.82) is 0 Å². The lowest BCUT2D eigenvalue weighted by molar-refractivity contribution is -0.116. The highest BCUT2D eigenvalue weighted by atomic mass is 35.5. The first-order valence-electron chi connectivity index (χ1n) is 6.89. The molecular formula is C14H16ClN5O3. The van der Waals surface area contributed by atoms with Crippen LogP contribution in [0.4, 0.5) is 10.7 Å². The fourth-order valence-corrected chi connectivity index (χ4v) is 2.02. The van der Waals surface area contributed by atoms with Crippen LogP contribution in [0.3, 0.4) is 0 Å². The molecule has 0 aliphatic carbocycles. The number of ether oxygens (including phenoxy) is 1. The van der Waals surface area contributed by atoms with Crippen molar-refractivity contribution in [3.8, 4) is 11.4 Å². The second-order valence-electron chi connectivity index (χ2n) is 4.56. The summed E-state index contributed by atoms with van der Waals surface area (Å²) < 4.78 is 4.42. The van der Waals surface area contributed by atoms with Gasteiger partial charge in [-0.05, 0) is 18.6 Å². The lowest BCUT2D eigenvalue weighted by Gasteiger charge is -2.03. The predicted molar refractivity (Wildman–Crippen MR) is 85.1 cm³/mol. The standard InChI is InChI=1S/C14H16ClN5O3/c1-23-14(22)16-8-4-7-11(21)17-13-18-12(19-20-13)9-5-2-3-6-10(9)15/h2-3,5-6H,4,7-8H2,1H3,(H,16,22)(H2,17,18,19,20,21). The monoisotopic (exact) mass is 337 g/mol. The third-order valence-corrected chi connectivity index (χ3v) is 3.23. The van der Waals surface area contributed by atoms with Crippen LogP contribution in [-0.4, -0.2) is 40.8 Å². The van der Waals surface area contributed by atoms with Crippen LogP contribution in [0.5, 0.6) is 0 Å². The molecule has 122 valence electrons. The van der Waals surface area contributed by atoms with Gasteiger partial charge in [0.1, 0.15) is 0 Å². The number of H-pyrrole nitrogens is 1. The summed E-state index contributed by atoms with van der Waals surface area (Å²) in [6, 6.07) is 7.18. The van der Waals surface area contributed by atoms with E-state index < -0.39 is 6.09 Å². The molecule has 1 heterocycles. The van der Waals surface area contributed by atoms with Gasteiger partial charge in [-0.15, -0.1) is 5.10 Å². The summed E-state index contributed by atoms with van der Waals surface area (Å²) in [6.45, 7) is 0.346. The van der Waals surface area contributed by atoms with Gasteiger partial charge >= 0.3 is 6.09 Å². The Morgan fingerprint density at radius 2 is 2.13 bits per heavy atom. The number of hydrogen-bond acceptors (Lipinski definition) is 5. The molecule has 23 heavy (non-hydrogen) atoms. The summed E-state index contributed by atoms with van der Waals surface area (Å²) in [5, 5.41) is 12.3. The number of carbonyl (C=O) groups excluding carboxylic acids is 2. The average molecular weight is 338 g/mol. The van der Waals surface area contributed by atoms with E-state index in [0.717, 1.165) is 0 Å². The summed E-state index contributed by atoms with van der Waals surface area (Å²) in [5.41, 5.74) is 0.699. The normalized spacial score (nSPS) is 10.2. The first-order chi connectivity index (χ1) is 11.1. The van der Waals surface area contributed by atoms with Crippen molar-refractivity contribution in [3.63, 3.8) is 0 Å². The molecule has 0 aliphatic rings. The maximum Gasteiger partial charge on any atom is 0.406 e. The van der Waals surface area contributed by atoms with E-state index in [1.165, 1.54) is 7.11 Å². The van der Waals surface area contributed by atoms with E-state index in [9.17, 15) is 9.59 Å². The molecule has 2 rings (SSSR count). The molecule has 0 atom stereocenters. The number of carbonyl (C=O) groups is 2. The van der Waals surface area contributed by atoms with E-state index in [2.05, 4.69) is 30.6 Å². The molecule has 0 saturated heterocycles. The number of anilines is 1. The van der Waals surface area contributed by atoms with Crippen LogP contribution in [0.25, 0.3) is 11.4 Å². The largest absolute Gasteiger partial charge is 0.453 e. The van der Waals surface area contributed by atoms with Gasteiger partial charge in [-0.25, -0.2) is 4.79 Å². The van der Waals surface area contributed by atoms with Gasteiger partial charge in [-0.1, -0.05) is 23.7 Å². The smallest absolute Gasteiger partial charge is 0.406 e. The molecule has 2 aromatic rings. The van der Waals surface area contributed by atoms with Crippen LogP contribution in [0, 0.1) is 0 Å². The van der Waals surface area contributed by atoms with E-state index in [4.69, 9.17) is 11.6 Å². The Kier molecular flexibility index (Phi) is 5.93. The van der Waals surface area contributed by atoms with E-state index in [1.54, 1.807) is 12.1 Å². The molecule has 0 bridgehead atoms. The Hall–Kier alpha value is -2.61. The Morgan fingerprint density at radius 3 is 2.87 bits per heavy atom. The fraction of sp³-hybridized carbons (Fsp3) is 0.286. The number of aromatic nitrogens is 3. The topological polar surface area (TPSA) is 109 Å². The molecule has 0 radical (unpaired) electrons. The van der Waals surface area contributed by atoms with Crippen molar-refractivity contribution >= 4 is 29.5 Å². The predicted octanol–water partition coefficient (Wildman–Crippen LogP) is 2.20. The van der Waals surface area contributed by atoms with E-state index in [1.807, 2.05) is 12.1 Å². The van der Waals surface area contributed by atoms with Crippen molar-refractivity contribution in [2.45, 2.75) is 12.8 Å². The zero-order valence-corrected chi connectivity index (χ0v) is 13.2. The maximum atomic E-state index is 11.8. The molecule has 0 unspecified atom stereocenters. The number of methoxy groups -OCH3 is 1. The molecule has 0 spiro atoms. The summed E-state index contributed by atoms with van der Waals surface area (Å²) in [4.78, 5) is 26.8. The minimum atomic E-state index is -0.524. The molecule has 2 amide bonds. The second-order valence-corrected chi connectivity index (χ2v) is 4.96. The van der Waals surface area contributed by atoms with Crippen molar-refractivity contribution in [1.82, 2.24) is 20.5 Å². The molecular weight excluding hydrogens is 322 g/mol. The summed E-state index contributed by atoms with van der Waals surface area (Å²) in [7, 11) is 1.28. The molecule has 0 fully saturated rings. The summed E-state index contributed by atoms with van der Waals surface area (Å²) >= 11 is 6.08. The molecule has 0 aliphatic heterocycles. The highest BCUT2D eigenvalue weighted by molar-refractivity contribution is 6.33. The fourth-order valence-electron chi connectivity index (χ4n) is 1.79. The second kappa shape index (κ2) is 8.14. The lowest BCUT2D eigenvalue weighted by atomic mass is 10.2. The Bertz CT molecular complexity index is 689. The van der Waals surface area contributed by atoms with E-state index in [-0.39, 0.29) is 18.3 Å². The highest BCUT2D eigenvalue weighted by Crippen LogP contribution is 2.24. The molecule has 3 N–H and O–H groups in total. The number of nitrogens with zero attached hydrogens (tertiary/aromatic N) is 2. The third kappa shape index (κ3) is 4.96. The van der Waals surface area contributed by atoms with Gasteiger partial charge in [0.2, 0.25) is 11.9 Å². The maximum absolute atomic E-state index is 11.8. The molecule has 1 aromatic carbocycles. The average Bonchev–Trinajstić information content (AvgIpc) is 3.00. The molecule has 0 saturated carbocycles. The van der Waals surface area contributed by atoms with E-state index >= 15 is 0 Å². The minimum Gasteiger partial charge on any atom is -0.453 e. The summed E-state index contributed by atoms with van der Waals surface area (Å²) in [5.74, 6) is 0.394. The number of hydrogen-bond donors (Lipinski definition) is 3. The quantitative estimate of drug-likeness (QED) is 0.700. The zero-order valence-electron chi connectivity index (χ0n) is 12.4. The number of benzene rings is 1. The van der Waals surface area contributed by atoms with Crippen LogP contribution in [0.15, 0.2) is 24.3 Å². The van der Waals surface area contributed by atoms with Crippen molar-refractivity contribution in [2.24, 2.45) is 0 Å². The number of halogens is 1. The van der Waals surface area contributed by atoms with Gasteiger partial charge in [-0.2, -0.15) is 4.98 Å². The first-order valence-corrected chi connectivity index (χ1v) is 7.27. The summed E-state index contributed by atoms with van der Waals surface area (Å²) in [6.07, 6.45) is 0.173. The van der Waals surface area contributed by atoms with Gasteiger partial charge in [0.15, 0.2) is 5.82 Å². The number of amides is 2. The van der Waals surface area contributed by atoms with Crippen molar-refractivity contribution in [3.05, 3.63) is 29.3 Å². The molecule has 1 aromatic heterocycles. The minimum absolute atomic E-state index is 0.172. The first kappa shape index (κ1) is 16.8. The van der Waals surface area contributed by atoms with Gasteiger partial charge < -0.3 is 10.1 Å².